The number of imidazole rings is 1. The van der Waals surface area contributed by atoms with Gasteiger partial charge in [-0.3, -0.25) is 4.79 Å². The summed E-state index contributed by atoms with van der Waals surface area (Å²) in [4.78, 5) is 19.2. The Morgan fingerprint density at radius 1 is 1.23 bits per heavy atom. The van der Waals surface area contributed by atoms with Gasteiger partial charge >= 0.3 is 0 Å². The van der Waals surface area contributed by atoms with Crippen molar-refractivity contribution in [2.75, 3.05) is 6.54 Å². The van der Waals surface area contributed by atoms with Gasteiger partial charge < -0.3 is 10.3 Å². The van der Waals surface area contributed by atoms with E-state index in [9.17, 15) is 4.79 Å². The summed E-state index contributed by atoms with van der Waals surface area (Å²) in [6, 6.07) is 13.5. The standard InChI is InChI=1S/C17H16ClN3O/c18-14-4-2-1-3-13(14)10-17(22)19-8-7-12-5-6-15-16(9-12)21-11-20-15/h1-6,9,11H,7-8,10H2,(H,19,22)(H,20,21). The van der Waals surface area contributed by atoms with Gasteiger partial charge in [-0.25, -0.2) is 4.98 Å². The minimum Gasteiger partial charge on any atom is -0.355 e. The van der Waals surface area contributed by atoms with Crippen LogP contribution in [0, 0.1) is 0 Å². The highest BCUT2D eigenvalue weighted by Gasteiger charge is 2.06. The van der Waals surface area contributed by atoms with E-state index in [-0.39, 0.29) is 5.91 Å². The summed E-state index contributed by atoms with van der Waals surface area (Å²) in [6.45, 7) is 0.600. The molecule has 0 unspecified atom stereocenters. The smallest absolute Gasteiger partial charge is 0.224 e. The lowest BCUT2D eigenvalue weighted by Gasteiger charge is -2.07. The molecule has 112 valence electrons. The molecule has 1 heterocycles. The Labute approximate surface area is 133 Å². The Bertz CT molecular complexity index is 797. The zero-order chi connectivity index (χ0) is 15.4. The molecule has 2 aromatic carbocycles. The fourth-order valence-corrected chi connectivity index (χ4v) is 2.56. The van der Waals surface area contributed by atoms with Gasteiger partial charge in [-0.1, -0.05) is 35.9 Å². The van der Waals surface area contributed by atoms with Crippen LogP contribution < -0.4 is 5.32 Å². The number of amides is 1. The average Bonchev–Trinajstić information content (AvgIpc) is 2.97. The van der Waals surface area contributed by atoms with E-state index in [1.807, 2.05) is 30.3 Å². The first-order valence-corrected chi connectivity index (χ1v) is 7.52. The van der Waals surface area contributed by atoms with Crippen LogP contribution in [0.3, 0.4) is 0 Å². The molecule has 1 amide bonds. The van der Waals surface area contributed by atoms with Gasteiger partial charge in [0.25, 0.3) is 0 Å². The molecule has 1 aromatic heterocycles. The van der Waals surface area contributed by atoms with Crippen LogP contribution in [-0.4, -0.2) is 22.4 Å². The van der Waals surface area contributed by atoms with Crippen LogP contribution in [-0.2, 0) is 17.6 Å². The highest BCUT2D eigenvalue weighted by molar-refractivity contribution is 6.31. The highest BCUT2D eigenvalue weighted by atomic mass is 35.5. The van der Waals surface area contributed by atoms with E-state index in [1.54, 1.807) is 12.4 Å². The quantitative estimate of drug-likeness (QED) is 0.760. The van der Waals surface area contributed by atoms with Crippen molar-refractivity contribution in [2.45, 2.75) is 12.8 Å². The van der Waals surface area contributed by atoms with Crippen molar-refractivity contribution in [3.05, 3.63) is 64.9 Å². The van der Waals surface area contributed by atoms with E-state index in [1.165, 1.54) is 0 Å². The summed E-state index contributed by atoms with van der Waals surface area (Å²) in [6.07, 6.45) is 2.77. The number of halogens is 1. The number of carbonyl (C=O) groups is 1. The maximum Gasteiger partial charge on any atom is 0.224 e. The van der Waals surface area contributed by atoms with Crippen molar-refractivity contribution in [1.29, 1.82) is 0 Å². The first kappa shape index (κ1) is 14.6. The second-order valence-corrected chi connectivity index (χ2v) is 5.53. The number of carbonyl (C=O) groups excluding carboxylic acids is 1. The summed E-state index contributed by atoms with van der Waals surface area (Å²) < 4.78 is 0. The van der Waals surface area contributed by atoms with Crippen LogP contribution in [0.5, 0.6) is 0 Å². The molecule has 0 aliphatic heterocycles. The van der Waals surface area contributed by atoms with Crippen LogP contribution >= 0.6 is 11.6 Å². The summed E-state index contributed by atoms with van der Waals surface area (Å²) >= 11 is 6.05. The lowest BCUT2D eigenvalue weighted by Crippen LogP contribution is -2.27. The number of nitrogens with zero attached hydrogens (tertiary/aromatic N) is 1. The minimum absolute atomic E-state index is 0.0179. The van der Waals surface area contributed by atoms with Crippen LogP contribution in [0.15, 0.2) is 48.8 Å². The summed E-state index contributed by atoms with van der Waals surface area (Å²) in [5.41, 5.74) is 3.97. The molecule has 0 fully saturated rings. The number of hydrogen-bond donors (Lipinski definition) is 2. The van der Waals surface area contributed by atoms with Crippen LogP contribution in [0.1, 0.15) is 11.1 Å². The van der Waals surface area contributed by atoms with Gasteiger partial charge in [-0.15, -0.1) is 0 Å². The van der Waals surface area contributed by atoms with E-state index in [0.29, 0.717) is 18.0 Å². The minimum atomic E-state index is -0.0179. The second kappa shape index (κ2) is 6.62. The topological polar surface area (TPSA) is 57.8 Å². The molecular formula is C17H16ClN3O. The Morgan fingerprint density at radius 3 is 2.95 bits per heavy atom. The third-order valence-electron chi connectivity index (χ3n) is 3.53. The fraction of sp³-hybridized carbons (Fsp3) is 0.176. The maximum atomic E-state index is 11.9. The van der Waals surface area contributed by atoms with E-state index in [2.05, 4.69) is 21.4 Å². The molecule has 3 rings (SSSR count). The maximum absolute atomic E-state index is 11.9. The number of rotatable bonds is 5. The largest absolute Gasteiger partial charge is 0.355 e. The first-order chi connectivity index (χ1) is 10.7. The van der Waals surface area contributed by atoms with Crippen molar-refractivity contribution < 1.29 is 4.79 Å². The Hall–Kier alpha value is -2.33. The Balaban J connectivity index is 1.52. The van der Waals surface area contributed by atoms with E-state index in [0.717, 1.165) is 28.6 Å². The van der Waals surface area contributed by atoms with Crippen molar-refractivity contribution in [3.8, 4) is 0 Å². The SMILES string of the molecule is O=C(Cc1ccccc1Cl)NCCc1ccc2nc[nH]c2c1. The molecular weight excluding hydrogens is 298 g/mol. The molecule has 0 aliphatic rings. The monoisotopic (exact) mass is 313 g/mol. The van der Waals surface area contributed by atoms with Gasteiger partial charge in [-0.05, 0) is 35.7 Å². The van der Waals surface area contributed by atoms with Gasteiger partial charge in [0.2, 0.25) is 5.91 Å². The normalized spacial score (nSPS) is 10.8. The summed E-state index contributed by atoms with van der Waals surface area (Å²) in [5, 5.41) is 3.55. The van der Waals surface area contributed by atoms with Gasteiger partial charge in [0.15, 0.2) is 0 Å². The Morgan fingerprint density at radius 2 is 2.09 bits per heavy atom. The number of nitrogens with one attached hydrogen (secondary N) is 2. The van der Waals surface area contributed by atoms with Crippen LogP contribution in [0.4, 0.5) is 0 Å². The lowest BCUT2D eigenvalue weighted by atomic mass is 10.1. The number of hydrogen-bond acceptors (Lipinski definition) is 2. The van der Waals surface area contributed by atoms with Crippen molar-refractivity contribution in [2.24, 2.45) is 0 Å². The summed E-state index contributed by atoms with van der Waals surface area (Å²) in [7, 11) is 0. The second-order valence-electron chi connectivity index (χ2n) is 5.12. The lowest BCUT2D eigenvalue weighted by molar-refractivity contribution is -0.120. The predicted octanol–water partition coefficient (Wildman–Crippen LogP) is 3.12. The molecule has 0 aliphatic carbocycles. The number of aromatic amines is 1. The molecule has 5 heteroatoms. The molecule has 3 aromatic rings. The van der Waals surface area contributed by atoms with E-state index < -0.39 is 0 Å². The first-order valence-electron chi connectivity index (χ1n) is 7.14. The Kier molecular flexibility index (Phi) is 4.39. The molecule has 0 atom stereocenters. The molecule has 0 bridgehead atoms. The molecule has 0 saturated heterocycles. The van der Waals surface area contributed by atoms with Crippen molar-refractivity contribution in [3.63, 3.8) is 0 Å². The number of benzene rings is 2. The van der Waals surface area contributed by atoms with Crippen molar-refractivity contribution in [1.82, 2.24) is 15.3 Å². The highest BCUT2D eigenvalue weighted by Crippen LogP contribution is 2.15. The zero-order valence-corrected chi connectivity index (χ0v) is 12.7. The van der Waals surface area contributed by atoms with E-state index in [4.69, 9.17) is 11.6 Å². The van der Waals surface area contributed by atoms with Gasteiger partial charge in [0.1, 0.15) is 0 Å². The zero-order valence-electron chi connectivity index (χ0n) is 12.0. The third kappa shape index (κ3) is 3.46. The summed E-state index contributed by atoms with van der Waals surface area (Å²) in [5.74, 6) is -0.0179. The van der Waals surface area contributed by atoms with Gasteiger partial charge in [-0.2, -0.15) is 0 Å². The molecule has 0 saturated carbocycles. The predicted molar refractivity (Wildman–Crippen MR) is 88.0 cm³/mol. The molecule has 2 N–H and O–H groups in total. The number of fused-ring (bicyclic) bond motifs is 1. The van der Waals surface area contributed by atoms with Crippen molar-refractivity contribution >= 4 is 28.5 Å². The molecule has 4 nitrogen and oxygen atoms in total. The molecule has 22 heavy (non-hydrogen) atoms. The van der Waals surface area contributed by atoms with Gasteiger partial charge in [0.05, 0.1) is 23.8 Å². The fourth-order valence-electron chi connectivity index (χ4n) is 2.36. The van der Waals surface area contributed by atoms with Crippen LogP contribution in [0.25, 0.3) is 11.0 Å². The number of H-pyrrole nitrogens is 1. The van der Waals surface area contributed by atoms with E-state index >= 15 is 0 Å². The number of aromatic nitrogens is 2. The molecule has 0 radical (unpaired) electrons. The average molecular weight is 314 g/mol. The van der Waals surface area contributed by atoms with Crippen LogP contribution in [0.2, 0.25) is 5.02 Å². The van der Waals surface area contributed by atoms with Gasteiger partial charge in [0, 0.05) is 11.6 Å². The molecule has 0 spiro atoms. The third-order valence-corrected chi connectivity index (χ3v) is 3.90.